The van der Waals surface area contributed by atoms with Crippen molar-refractivity contribution in [3.63, 3.8) is 0 Å². The first-order valence-corrected chi connectivity index (χ1v) is 10.3. The molecule has 2 N–H and O–H groups in total. The fraction of sp³-hybridized carbons (Fsp3) is 0.333. The van der Waals surface area contributed by atoms with Gasteiger partial charge in [0.2, 0.25) is 0 Å². The molecule has 1 heterocycles. The zero-order valence-electron chi connectivity index (χ0n) is 16.9. The van der Waals surface area contributed by atoms with Crippen molar-refractivity contribution in [3.05, 3.63) is 75.6 Å². The summed E-state index contributed by atoms with van der Waals surface area (Å²) in [5, 5.41) is 13.8. The minimum absolute atomic E-state index is 0.0925. The van der Waals surface area contributed by atoms with Gasteiger partial charge in [-0.25, -0.2) is 4.79 Å². The Balaban J connectivity index is 1.43. The fourth-order valence-corrected chi connectivity index (χ4v) is 3.89. The summed E-state index contributed by atoms with van der Waals surface area (Å²) in [4.78, 5) is 24.7. The Hall–Kier alpha value is -3.12. The maximum absolute atomic E-state index is 12.4. The van der Waals surface area contributed by atoms with Gasteiger partial charge in [0.1, 0.15) is 11.3 Å². The van der Waals surface area contributed by atoms with Crippen molar-refractivity contribution in [2.45, 2.75) is 44.8 Å². The van der Waals surface area contributed by atoms with Crippen LogP contribution >= 0.6 is 0 Å². The average molecular weight is 407 g/mol. The van der Waals surface area contributed by atoms with Gasteiger partial charge in [0, 0.05) is 23.6 Å². The second-order valence-corrected chi connectivity index (χ2v) is 7.64. The summed E-state index contributed by atoms with van der Waals surface area (Å²) in [7, 11) is 0. The van der Waals surface area contributed by atoms with Crippen molar-refractivity contribution < 1.29 is 19.1 Å². The number of hydrogen-bond acceptors (Lipinski definition) is 5. The first-order chi connectivity index (χ1) is 14.5. The van der Waals surface area contributed by atoms with E-state index in [1.54, 1.807) is 31.2 Å². The molecule has 4 rings (SSSR count). The van der Waals surface area contributed by atoms with Gasteiger partial charge >= 0.3 is 5.63 Å². The molecular formula is C24H25NO5. The number of amides is 1. The molecule has 0 radical (unpaired) electrons. The molecule has 0 saturated carbocycles. The number of ether oxygens (including phenoxy) is 1. The summed E-state index contributed by atoms with van der Waals surface area (Å²) >= 11 is 0. The van der Waals surface area contributed by atoms with Gasteiger partial charge in [-0.05, 0) is 55.9 Å². The van der Waals surface area contributed by atoms with E-state index in [4.69, 9.17) is 9.15 Å². The van der Waals surface area contributed by atoms with Crippen LogP contribution in [0, 0.1) is 0 Å². The molecular weight excluding hydrogens is 382 g/mol. The molecule has 2 aromatic carbocycles. The summed E-state index contributed by atoms with van der Waals surface area (Å²) in [5.41, 5.74) is 2.78. The summed E-state index contributed by atoms with van der Waals surface area (Å²) in [6.45, 7) is 1.73. The lowest BCUT2D eigenvalue weighted by molar-refractivity contribution is -0.127. The van der Waals surface area contributed by atoms with Crippen LogP contribution in [0.15, 0.2) is 57.7 Å². The Morgan fingerprint density at radius 2 is 1.87 bits per heavy atom. The maximum Gasteiger partial charge on any atom is 0.339 e. The van der Waals surface area contributed by atoms with Crippen LogP contribution in [0.4, 0.5) is 0 Å². The third kappa shape index (κ3) is 4.24. The number of carbonyl (C=O) groups excluding carboxylic acids is 1. The molecule has 1 aliphatic carbocycles. The summed E-state index contributed by atoms with van der Waals surface area (Å²) in [6.07, 6.45) is 2.16. The smallest absolute Gasteiger partial charge is 0.339 e. The van der Waals surface area contributed by atoms with E-state index in [9.17, 15) is 14.7 Å². The highest BCUT2D eigenvalue weighted by Gasteiger charge is 2.20. The van der Waals surface area contributed by atoms with Gasteiger partial charge in [0.15, 0.2) is 6.10 Å². The Morgan fingerprint density at radius 3 is 2.63 bits per heavy atom. The molecule has 0 aliphatic heterocycles. The minimum atomic E-state index is -0.788. The Morgan fingerprint density at radius 1 is 1.13 bits per heavy atom. The number of aliphatic hydroxyl groups is 1. The third-order valence-electron chi connectivity index (χ3n) is 5.53. The Labute approximate surface area is 174 Å². The van der Waals surface area contributed by atoms with E-state index in [0.717, 1.165) is 47.8 Å². The van der Waals surface area contributed by atoms with E-state index < -0.39 is 12.2 Å². The second-order valence-electron chi connectivity index (χ2n) is 7.64. The van der Waals surface area contributed by atoms with Gasteiger partial charge in [0.05, 0.1) is 6.10 Å². The quantitative estimate of drug-likeness (QED) is 0.612. The van der Waals surface area contributed by atoms with Crippen molar-refractivity contribution in [3.8, 4) is 5.75 Å². The summed E-state index contributed by atoms with van der Waals surface area (Å²) in [5.74, 6) is 0.115. The zero-order valence-corrected chi connectivity index (χ0v) is 16.9. The summed E-state index contributed by atoms with van der Waals surface area (Å²) < 4.78 is 11.3. The highest BCUT2D eigenvalue weighted by atomic mass is 16.5. The van der Waals surface area contributed by atoms with Gasteiger partial charge in [0.25, 0.3) is 5.91 Å². The molecule has 6 nitrogen and oxygen atoms in total. The van der Waals surface area contributed by atoms with Crippen LogP contribution in [0.2, 0.25) is 0 Å². The topological polar surface area (TPSA) is 88.8 Å². The summed E-state index contributed by atoms with van der Waals surface area (Å²) in [6, 6.07) is 14.5. The van der Waals surface area contributed by atoms with E-state index in [-0.39, 0.29) is 18.1 Å². The van der Waals surface area contributed by atoms with E-state index in [1.165, 1.54) is 0 Å². The standard InChI is InChI=1S/C24H25NO5/c1-15(23(27)25-14-21(26)16-7-3-2-4-8-16)29-17-11-12-19-18-9-5-6-10-20(18)24(28)30-22(19)13-17/h2-4,7-8,11-13,15,21,26H,5-6,9-10,14H2,1H3,(H,25,27)/t15-,21-/m0/s1. The number of benzene rings is 2. The maximum atomic E-state index is 12.4. The number of fused-ring (bicyclic) bond motifs is 3. The first-order valence-electron chi connectivity index (χ1n) is 10.3. The lowest BCUT2D eigenvalue weighted by atomic mass is 9.91. The van der Waals surface area contributed by atoms with Crippen molar-refractivity contribution in [2.75, 3.05) is 6.54 Å². The largest absolute Gasteiger partial charge is 0.481 e. The van der Waals surface area contributed by atoms with E-state index in [1.807, 2.05) is 24.3 Å². The molecule has 1 aromatic heterocycles. The van der Waals surface area contributed by atoms with Crippen LogP contribution in [0.3, 0.4) is 0 Å². The van der Waals surface area contributed by atoms with Crippen LogP contribution < -0.4 is 15.7 Å². The molecule has 0 fully saturated rings. The van der Waals surface area contributed by atoms with Gasteiger partial charge in [-0.2, -0.15) is 0 Å². The van der Waals surface area contributed by atoms with Crippen LogP contribution in [-0.2, 0) is 17.6 Å². The second kappa shape index (κ2) is 8.71. The molecule has 1 amide bonds. The highest BCUT2D eigenvalue weighted by molar-refractivity contribution is 5.83. The molecule has 2 atom stereocenters. The van der Waals surface area contributed by atoms with Crippen LogP contribution in [0.5, 0.6) is 5.75 Å². The molecule has 30 heavy (non-hydrogen) atoms. The van der Waals surface area contributed by atoms with Crippen molar-refractivity contribution in [1.29, 1.82) is 0 Å². The molecule has 6 heteroatoms. The highest BCUT2D eigenvalue weighted by Crippen LogP contribution is 2.29. The predicted octanol–water partition coefficient (Wildman–Crippen LogP) is 3.29. The Kier molecular flexibility index (Phi) is 5.86. The first kappa shape index (κ1) is 20.2. The molecule has 0 saturated heterocycles. The minimum Gasteiger partial charge on any atom is -0.481 e. The van der Waals surface area contributed by atoms with Crippen molar-refractivity contribution in [2.24, 2.45) is 0 Å². The molecule has 0 bridgehead atoms. The third-order valence-corrected chi connectivity index (χ3v) is 5.53. The van der Waals surface area contributed by atoms with Gasteiger partial charge in [-0.1, -0.05) is 30.3 Å². The van der Waals surface area contributed by atoms with Crippen LogP contribution in [0.1, 0.15) is 42.6 Å². The number of nitrogens with one attached hydrogen (secondary N) is 1. The number of rotatable bonds is 6. The molecule has 3 aromatic rings. The van der Waals surface area contributed by atoms with Gasteiger partial charge in [-0.15, -0.1) is 0 Å². The average Bonchev–Trinajstić information content (AvgIpc) is 2.78. The van der Waals surface area contributed by atoms with E-state index >= 15 is 0 Å². The number of aliphatic hydroxyl groups excluding tert-OH is 1. The number of hydrogen-bond donors (Lipinski definition) is 2. The lowest BCUT2D eigenvalue weighted by Crippen LogP contribution is -2.38. The van der Waals surface area contributed by atoms with Gasteiger partial charge < -0.3 is 19.6 Å². The number of aryl methyl sites for hydroxylation is 1. The Bertz CT molecular complexity index is 1110. The van der Waals surface area contributed by atoms with Crippen molar-refractivity contribution >= 4 is 16.9 Å². The lowest BCUT2D eigenvalue weighted by Gasteiger charge is -2.18. The zero-order chi connectivity index (χ0) is 21.1. The normalized spacial score (nSPS) is 15.3. The van der Waals surface area contributed by atoms with Gasteiger partial charge in [-0.3, -0.25) is 4.79 Å². The fourth-order valence-electron chi connectivity index (χ4n) is 3.89. The number of carbonyl (C=O) groups is 1. The molecule has 0 spiro atoms. The van der Waals surface area contributed by atoms with E-state index in [0.29, 0.717) is 11.3 Å². The predicted molar refractivity (Wildman–Crippen MR) is 114 cm³/mol. The van der Waals surface area contributed by atoms with Crippen LogP contribution in [0.25, 0.3) is 11.0 Å². The molecule has 1 aliphatic rings. The SMILES string of the molecule is C[C@H](Oc1ccc2c3c(c(=O)oc2c1)CCCC3)C(=O)NC[C@H](O)c1ccccc1. The van der Waals surface area contributed by atoms with E-state index in [2.05, 4.69) is 5.32 Å². The molecule has 0 unspecified atom stereocenters. The molecule has 156 valence electrons. The van der Waals surface area contributed by atoms with Crippen molar-refractivity contribution in [1.82, 2.24) is 5.32 Å². The van der Waals surface area contributed by atoms with Crippen LogP contribution in [-0.4, -0.2) is 23.7 Å². The monoisotopic (exact) mass is 407 g/mol.